The summed E-state index contributed by atoms with van der Waals surface area (Å²) >= 11 is 5.77. The van der Waals surface area contributed by atoms with Crippen LogP contribution in [0.2, 0.25) is 5.02 Å². The minimum atomic E-state index is -1.26. The highest BCUT2D eigenvalue weighted by Gasteiger charge is 2.22. The Labute approximate surface area is 146 Å². The lowest BCUT2D eigenvalue weighted by Crippen LogP contribution is -2.49. The number of carbonyl (C=O) groups is 2. The van der Waals surface area contributed by atoms with Crippen molar-refractivity contribution in [3.05, 3.63) is 67.4 Å². The summed E-state index contributed by atoms with van der Waals surface area (Å²) in [4.78, 5) is 50.6. The molecule has 1 aromatic carbocycles. The maximum absolute atomic E-state index is 12.1. The Hall–Kier alpha value is -2.91. The Morgan fingerprint density at radius 2 is 1.88 bits per heavy atom. The van der Waals surface area contributed by atoms with Crippen LogP contribution >= 0.6 is 11.6 Å². The normalized spacial score (nSPS) is 11.6. The average molecular weight is 367 g/mol. The van der Waals surface area contributed by atoms with Crippen molar-refractivity contribution >= 4 is 23.4 Å². The van der Waals surface area contributed by atoms with Crippen molar-refractivity contribution in [3.63, 3.8) is 0 Å². The Bertz CT molecular complexity index is 874. The number of aromatic amines is 2. The van der Waals surface area contributed by atoms with Gasteiger partial charge < -0.3 is 20.7 Å². The summed E-state index contributed by atoms with van der Waals surface area (Å²) in [6.07, 6.45) is 0.927. The number of amides is 2. The second-order valence-corrected chi connectivity index (χ2v) is 5.47. The van der Waals surface area contributed by atoms with Gasteiger partial charge in [-0.2, -0.15) is 0 Å². The van der Waals surface area contributed by atoms with Gasteiger partial charge in [-0.1, -0.05) is 23.7 Å². The van der Waals surface area contributed by atoms with E-state index in [0.29, 0.717) is 5.02 Å². The van der Waals surface area contributed by atoms with Crippen molar-refractivity contribution in [3.8, 4) is 0 Å². The summed E-state index contributed by atoms with van der Waals surface area (Å²) < 4.78 is 0. The molecule has 5 N–H and O–H groups in total. The van der Waals surface area contributed by atoms with E-state index < -0.39 is 35.7 Å². The number of halogens is 1. The van der Waals surface area contributed by atoms with E-state index in [1.54, 1.807) is 24.3 Å². The van der Waals surface area contributed by atoms with Gasteiger partial charge in [-0.15, -0.1) is 0 Å². The van der Waals surface area contributed by atoms with Crippen LogP contribution in [-0.2, 0) is 11.3 Å². The second kappa shape index (κ2) is 8.27. The van der Waals surface area contributed by atoms with Crippen LogP contribution in [0.15, 0.2) is 40.1 Å². The van der Waals surface area contributed by atoms with E-state index in [-0.39, 0.29) is 12.1 Å². The standard InChI is InChI=1S/C15H15ClN4O5/c16-9-3-1-8(2-4-9)5-17-14(24)11(7-21)19-12(22)10-6-18-15(25)20-13(10)23/h1-4,6,11,21H,5,7H2,(H,17,24)(H,19,22)(H2,18,20,23,25). The molecular formula is C15H15ClN4O5. The van der Waals surface area contributed by atoms with Crippen LogP contribution in [0.4, 0.5) is 0 Å². The van der Waals surface area contributed by atoms with E-state index >= 15 is 0 Å². The Balaban J connectivity index is 1.99. The molecule has 1 unspecified atom stereocenters. The van der Waals surface area contributed by atoms with Crippen molar-refractivity contribution < 1.29 is 14.7 Å². The van der Waals surface area contributed by atoms with Crippen LogP contribution in [0.25, 0.3) is 0 Å². The lowest BCUT2D eigenvalue weighted by Gasteiger charge is -2.16. The first-order chi connectivity index (χ1) is 11.9. The van der Waals surface area contributed by atoms with E-state index in [1.165, 1.54) is 0 Å². The molecule has 0 bridgehead atoms. The van der Waals surface area contributed by atoms with Gasteiger partial charge in [0.05, 0.1) is 6.61 Å². The molecule has 9 nitrogen and oxygen atoms in total. The van der Waals surface area contributed by atoms with Crippen LogP contribution < -0.4 is 21.9 Å². The largest absolute Gasteiger partial charge is 0.394 e. The van der Waals surface area contributed by atoms with Crippen molar-refractivity contribution in [2.75, 3.05) is 6.61 Å². The smallest absolute Gasteiger partial charge is 0.325 e. The number of benzene rings is 1. The zero-order valence-corrected chi connectivity index (χ0v) is 13.6. The van der Waals surface area contributed by atoms with Crippen molar-refractivity contribution in [1.29, 1.82) is 0 Å². The molecule has 0 aliphatic carbocycles. The SMILES string of the molecule is O=C(NC(CO)C(=O)NCc1ccc(Cl)cc1)c1c[nH]c(=O)[nH]c1=O. The lowest BCUT2D eigenvalue weighted by molar-refractivity contribution is -0.124. The third-order valence-corrected chi connectivity index (χ3v) is 3.50. The summed E-state index contributed by atoms with van der Waals surface area (Å²) in [5.41, 5.74) is -1.28. The molecule has 1 heterocycles. The maximum Gasteiger partial charge on any atom is 0.325 e. The van der Waals surface area contributed by atoms with E-state index in [4.69, 9.17) is 11.6 Å². The third kappa shape index (κ3) is 5.03. The van der Waals surface area contributed by atoms with E-state index in [9.17, 15) is 24.3 Å². The summed E-state index contributed by atoms with van der Waals surface area (Å²) in [5.74, 6) is -1.54. The number of aliphatic hydroxyl groups is 1. The highest BCUT2D eigenvalue weighted by atomic mass is 35.5. The molecule has 0 radical (unpaired) electrons. The molecule has 1 aromatic heterocycles. The minimum Gasteiger partial charge on any atom is -0.394 e. The number of nitrogens with one attached hydrogen (secondary N) is 4. The highest BCUT2D eigenvalue weighted by molar-refractivity contribution is 6.30. The number of aliphatic hydroxyl groups excluding tert-OH is 1. The van der Waals surface area contributed by atoms with Gasteiger partial charge in [-0.25, -0.2) is 4.79 Å². The molecule has 2 rings (SSSR count). The number of rotatable bonds is 6. The average Bonchev–Trinajstić information content (AvgIpc) is 2.58. The molecule has 0 aliphatic heterocycles. The fraction of sp³-hybridized carbons (Fsp3) is 0.200. The number of carbonyl (C=O) groups excluding carboxylic acids is 2. The predicted octanol–water partition coefficient (Wildman–Crippen LogP) is -0.876. The van der Waals surface area contributed by atoms with Crippen molar-refractivity contribution in [2.45, 2.75) is 12.6 Å². The van der Waals surface area contributed by atoms with Crippen molar-refractivity contribution in [2.24, 2.45) is 0 Å². The number of hydrogen-bond acceptors (Lipinski definition) is 5. The first kappa shape index (κ1) is 18.4. The molecule has 0 saturated carbocycles. The number of hydrogen-bond donors (Lipinski definition) is 5. The van der Waals surface area contributed by atoms with Gasteiger partial charge in [-0.05, 0) is 17.7 Å². The maximum atomic E-state index is 12.1. The van der Waals surface area contributed by atoms with Crippen molar-refractivity contribution in [1.82, 2.24) is 20.6 Å². The van der Waals surface area contributed by atoms with E-state index in [1.807, 2.05) is 4.98 Å². The van der Waals surface area contributed by atoms with Gasteiger partial charge in [0.2, 0.25) is 5.91 Å². The predicted molar refractivity (Wildman–Crippen MR) is 89.3 cm³/mol. The highest BCUT2D eigenvalue weighted by Crippen LogP contribution is 2.09. The molecule has 2 amide bonds. The fourth-order valence-corrected chi connectivity index (χ4v) is 2.05. The monoisotopic (exact) mass is 366 g/mol. The summed E-state index contributed by atoms with van der Waals surface area (Å²) in [6.45, 7) is -0.499. The van der Waals surface area contributed by atoms with E-state index in [0.717, 1.165) is 11.8 Å². The zero-order valence-electron chi connectivity index (χ0n) is 12.8. The second-order valence-electron chi connectivity index (χ2n) is 5.04. The Kier molecular flexibility index (Phi) is 6.09. The van der Waals surface area contributed by atoms with Gasteiger partial charge in [0, 0.05) is 17.8 Å². The van der Waals surface area contributed by atoms with Gasteiger partial charge in [0.15, 0.2) is 0 Å². The van der Waals surface area contributed by atoms with Gasteiger partial charge in [-0.3, -0.25) is 19.4 Å². The topological polar surface area (TPSA) is 144 Å². The summed E-state index contributed by atoms with van der Waals surface area (Å²) in [5, 5.41) is 14.6. The van der Waals surface area contributed by atoms with Gasteiger partial charge in [0.25, 0.3) is 11.5 Å². The quantitative estimate of drug-likeness (QED) is 0.451. The molecule has 0 fully saturated rings. The zero-order chi connectivity index (χ0) is 18.4. The number of H-pyrrole nitrogens is 2. The lowest BCUT2D eigenvalue weighted by atomic mass is 10.2. The van der Waals surface area contributed by atoms with E-state index in [2.05, 4.69) is 15.6 Å². The third-order valence-electron chi connectivity index (χ3n) is 3.25. The summed E-state index contributed by atoms with van der Waals surface area (Å²) in [7, 11) is 0. The molecule has 0 spiro atoms. The van der Waals surface area contributed by atoms with Crippen LogP contribution in [-0.4, -0.2) is 39.5 Å². The molecule has 1 atom stereocenters. The molecular weight excluding hydrogens is 352 g/mol. The first-order valence-electron chi connectivity index (χ1n) is 7.16. The van der Waals surface area contributed by atoms with Gasteiger partial charge >= 0.3 is 5.69 Å². The molecule has 132 valence electrons. The Morgan fingerprint density at radius 1 is 1.20 bits per heavy atom. The van der Waals surface area contributed by atoms with Crippen LogP contribution in [0.1, 0.15) is 15.9 Å². The minimum absolute atomic E-state index is 0.168. The Morgan fingerprint density at radius 3 is 2.48 bits per heavy atom. The molecule has 25 heavy (non-hydrogen) atoms. The molecule has 0 aliphatic rings. The number of aromatic nitrogens is 2. The van der Waals surface area contributed by atoms with Crippen LogP contribution in [0, 0.1) is 0 Å². The summed E-state index contributed by atoms with van der Waals surface area (Å²) in [6, 6.07) is 5.50. The van der Waals surface area contributed by atoms with Crippen LogP contribution in [0.5, 0.6) is 0 Å². The first-order valence-corrected chi connectivity index (χ1v) is 7.54. The fourth-order valence-electron chi connectivity index (χ4n) is 1.92. The van der Waals surface area contributed by atoms with Gasteiger partial charge in [0.1, 0.15) is 11.6 Å². The molecule has 10 heteroatoms. The molecule has 0 saturated heterocycles. The molecule has 2 aromatic rings. The van der Waals surface area contributed by atoms with Crippen LogP contribution in [0.3, 0.4) is 0 Å².